The van der Waals surface area contributed by atoms with Gasteiger partial charge in [-0.3, -0.25) is 9.59 Å². The van der Waals surface area contributed by atoms with Crippen molar-refractivity contribution in [1.82, 2.24) is 9.80 Å². The number of piperazine rings is 1. The van der Waals surface area contributed by atoms with Crippen molar-refractivity contribution in [2.24, 2.45) is 0 Å². The summed E-state index contributed by atoms with van der Waals surface area (Å²) < 4.78 is 0. The van der Waals surface area contributed by atoms with Crippen LogP contribution in [0.15, 0.2) is 24.3 Å². The molecule has 2 amide bonds. The lowest BCUT2D eigenvalue weighted by Crippen LogP contribution is -2.48. The molecule has 6 heteroatoms. The number of anilines is 1. The predicted molar refractivity (Wildman–Crippen MR) is 83.3 cm³/mol. The molecular weight excluding hydrogens is 280 g/mol. The zero-order valence-corrected chi connectivity index (χ0v) is 12.7. The molecule has 116 valence electrons. The zero-order chi connectivity index (χ0) is 15.9. The van der Waals surface area contributed by atoms with Gasteiger partial charge in [-0.15, -0.1) is 0 Å². The molecule has 1 aromatic rings. The van der Waals surface area contributed by atoms with E-state index in [1.165, 1.54) is 0 Å². The van der Waals surface area contributed by atoms with Crippen molar-refractivity contribution in [3.8, 4) is 6.07 Å². The molecule has 1 saturated heterocycles. The first-order chi connectivity index (χ1) is 10.7. The summed E-state index contributed by atoms with van der Waals surface area (Å²) in [5.74, 6) is -0.484. The van der Waals surface area contributed by atoms with E-state index in [-0.39, 0.29) is 12.3 Å². The smallest absolute Gasteiger partial charge is 0.256 e. The van der Waals surface area contributed by atoms with Gasteiger partial charge in [0.05, 0.1) is 17.3 Å². The van der Waals surface area contributed by atoms with Gasteiger partial charge in [0.25, 0.3) is 5.91 Å². The number of likely N-dealkylation sites (N-methyl/N-ethyl adjacent to an activating group) is 1. The van der Waals surface area contributed by atoms with Crippen LogP contribution in [0.25, 0.3) is 0 Å². The molecule has 0 bridgehead atoms. The van der Waals surface area contributed by atoms with Gasteiger partial charge in [-0.05, 0) is 18.7 Å². The molecule has 0 radical (unpaired) electrons. The fraction of sp³-hybridized carbons (Fsp3) is 0.438. The van der Waals surface area contributed by atoms with E-state index in [9.17, 15) is 9.59 Å². The van der Waals surface area contributed by atoms with Gasteiger partial charge in [-0.1, -0.05) is 19.1 Å². The molecular formula is C16H20N4O2. The fourth-order valence-electron chi connectivity index (χ4n) is 2.48. The molecule has 1 N–H and O–H groups in total. The molecule has 1 fully saturated rings. The summed E-state index contributed by atoms with van der Waals surface area (Å²) in [6, 6.07) is 8.72. The Morgan fingerprint density at radius 1 is 1.23 bits per heavy atom. The van der Waals surface area contributed by atoms with Crippen LogP contribution in [0.4, 0.5) is 5.69 Å². The number of carbonyl (C=O) groups excluding carboxylic acids is 2. The lowest BCUT2D eigenvalue weighted by molar-refractivity contribution is -0.115. The van der Waals surface area contributed by atoms with Crippen molar-refractivity contribution in [2.75, 3.05) is 38.0 Å². The quantitative estimate of drug-likeness (QED) is 0.909. The summed E-state index contributed by atoms with van der Waals surface area (Å²) in [6.07, 6.45) is -0.225. The van der Waals surface area contributed by atoms with E-state index in [2.05, 4.69) is 17.1 Å². The van der Waals surface area contributed by atoms with E-state index in [0.717, 1.165) is 19.6 Å². The highest BCUT2D eigenvalue weighted by Gasteiger charge is 2.23. The molecule has 1 aliphatic heterocycles. The van der Waals surface area contributed by atoms with Crippen LogP contribution in [0.1, 0.15) is 23.7 Å². The largest absolute Gasteiger partial charge is 0.336 e. The first kappa shape index (κ1) is 16.0. The minimum atomic E-state index is -0.404. The number of benzene rings is 1. The van der Waals surface area contributed by atoms with Crippen molar-refractivity contribution >= 4 is 17.5 Å². The van der Waals surface area contributed by atoms with Crippen LogP contribution in [-0.2, 0) is 4.79 Å². The molecule has 0 unspecified atom stereocenters. The third-order valence-electron chi connectivity index (χ3n) is 3.78. The van der Waals surface area contributed by atoms with Crippen molar-refractivity contribution in [3.05, 3.63) is 29.8 Å². The Labute approximate surface area is 130 Å². The van der Waals surface area contributed by atoms with Gasteiger partial charge in [0.2, 0.25) is 5.91 Å². The van der Waals surface area contributed by atoms with Crippen molar-refractivity contribution in [1.29, 1.82) is 5.26 Å². The van der Waals surface area contributed by atoms with Crippen LogP contribution in [0.3, 0.4) is 0 Å². The van der Waals surface area contributed by atoms with E-state index in [4.69, 9.17) is 5.26 Å². The summed E-state index contributed by atoms with van der Waals surface area (Å²) in [7, 11) is 0. The highest BCUT2D eigenvalue weighted by Crippen LogP contribution is 2.18. The molecule has 6 nitrogen and oxygen atoms in total. The van der Waals surface area contributed by atoms with Crippen LogP contribution in [-0.4, -0.2) is 54.3 Å². The standard InChI is InChI=1S/C16H20N4O2/c1-2-19-9-11-20(12-10-19)16(22)13-5-3-4-6-14(13)18-15(21)7-8-17/h3-6H,2,7,9-12H2,1H3,(H,18,21). The molecule has 1 aromatic carbocycles. The Bertz CT molecular complexity index is 586. The first-order valence-corrected chi connectivity index (χ1v) is 7.43. The lowest BCUT2D eigenvalue weighted by Gasteiger charge is -2.34. The summed E-state index contributed by atoms with van der Waals surface area (Å²) in [6.45, 7) is 6.21. The molecule has 0 spiro atoms. The third-order valence-corrected chi connectivity index (χ3v) is 3.78. The number of carbonyl (C=O) groups is 2. The molecule has 22 heavy (non-hydrogen) atoms. The Kier molecular flexibility index (Phi) is 5.50. The maximum atomic E-state index is 12.6. The highest BCUT2D eigenvalue weighted by molar-refractivity contribution is 6.04. The topological polar surface area (TPSA) is 76.4 Å². The number of nitrogens with zero attached hydrogens (tertiary/aromatic N) is 3. The zero-order valence-electron chi connectivity index (χ0n) is 12.7. The number of rotatable bonds is 4. The third kappa shape index (κ3) is 3.83. The highest BCUT2D eigenvalue weighted by atomic mass is 16.2. The van der Waals surface area contributed by atoms with E-state index in [1.807, 2.05) is 0 Å². The number of para-hydroxylation sites is 1. The lowest BCUT2D eigenvalue weighted by atomic mass is 10.1. The number of hydrogen-bond acceptors (Lipinski definition) is 4. The summed E-state index contributed by atoms with van der Waals surface area (Å²) in [4.78, 5) is 28.3. The van der Waals surface area contributed by atoms with Gasteiger partial charge >= 0.3 is 0 Å². The summed E-state index contributed by atoms with van der Waals surface area (Å²) in [5.41, 5.74) is 0.935. The van der Waals surface area contributed by atoms with E-state index in [1.54, 1.807) is 35.2 Å². The normalized spacial score (nSPS) is 15.2. The van der Waals surface area contributed by atoms with Crippen LogP contribution in [0.2, 0.25) is 0 Å². The first-order valence-electron chi connectivity index (χ1n) is 7.43. The maximum absolute atomic E-state index is 12.6. The van der Waals surface area contributed by atoms with Gasteiger partial charge in [-0.25, -0.2) is 0 Å². The second-order valence-electron chi connectivity index (χ2n) is 5.16. The van der Waals surface area contributed by atoms with Crippen LogP contribution in [0, 0.1) is 11.3 Å². The van der Waals surface area contributed by atoms with Crippen molar-refractivity contribution < 1.29 is 9.59 Å². The average molecular weight is 300 g/mol. The second kappa shape index (κ2) is 7.57. The second-order valence-corrected chi connectivity index (χ2v) is 5.16. The molecule has 0 saturated carbocycles. The van der Waals surface area contributed by atoms with Crippen LogP contribution < -0.4 is 5.32 Å². The minimum Gasteiger partial charge on any atom is -0.336 e. The Balaban J connectivity index is 2.10. The monoisotopic (exact) mass is 300 g/mol. The van der Waals surface area contributed by atoms with Crippen LogP contribution in [0.5, 0.6) is 0 Å². The average Bonchev–Trinajstić information content (AvgIpc) is 2.55. The van der Waals surface area contributed by atoms with Crippen LogP contribution >= 0.6 is 0 Å². The molecule has 2 rings (SSSR count). The van der Waals surface area contributed by atoms with E-state index < -0.39 is 5.91 Å². The van der Waals surface area contributed by atoms with Gasteiger partial charge < -0.3 is 15.1 Å². The SMILES string of the molecule is CCN1CCN(C(=O)c2ccccc2NC(=O)CC#N)CC1. The Hall–Kier alpha value is -2.39. The maximum Gasteiger partial charge on any atom is 0.256 e. The summed E-state index contributed by atoms with van der Waals surface area (Å²) in [5, 5.41) is 11.2. The minimum absolute atomic E-state index is 0.0800. The van der Waals surface area contributed by atoms with Crippen molar-refractivity contribution in [3.63, 3.8) is 0 Å². The number of nitrogens with one attached hydrogen (secondary N) is 1. The number of hydrogen-bond donors (Lipinski definition) is 1. The van der Waals surface area contributed by atoms with E-state index in [0.29, 0.717) is 24.3 Å². The predicted octanol–water partition coefficient (Wildman–Crippen LogP) is 1.32. The van der Waals surface area contributed by atoms with Gasteiger partial charge in [-0.2, -0.15) is 5.26 Å². The molecule has 0 atom stereocenters. The molecule has 0 aliphatic carbocycles. The van der Waals surface area contributed by atoms with Gasteiger partial charge in [0, 0.05) is 26.2 Å². The van der Waals surface area contributed by atoms with Gasteiger partial charge in [0.15, 0.2) is 0 Å². The Morgan fingerprint density at radius 3 is 2.55 bits per heavy atom. The van der Waals surface area contributed by atoms with Crippen molar-refractivity contribution in [2.45, 2.75) is 13.3 Å². The number of amides is 2. The molecule has 1 heterocycles. The fourth-order valence-corrected chi connectivity index (χ4v) is 2.48. The number of nitriles is 1. The molecule has 1 aliphatic rings. The summed E-state index contributed by atoms with van der Waals surface area (Å²) >= 11 is 0. The Morgan fingerprint density at radius 2 is 1.91 bits per heavy atom. The van der Waals surface area contributed by atoms with E-state index >= 15 is 0 Å². The molecule has 0 aromatic heterocycles. The van der Waals surface area contributed by atoms with Gasteiger partial charge in [0.1, 0.15) is 6.42 Å².